The maximum absolute atomic E-state index is 12.5. The molecule has 1 saturated heterocycles. The quantitative estimate of drug-likeness (QED) is 0.666. The number of thiocarbonyl (C=S) groups is 1. The summed E-state index contributed by atoms with van der Waals surface area (Å²) in [5, 5.41) is 9.30. The number of aromatic nitrogens is 1. The van der Waals surface area contributed by atoms with Crippen molar-refractivity contribution in [3.63, 3.8) is 0 Å². The number of thioether (sulfide) groups is 1. The molecule has 0 spiro atoms. The van der Waals surface area contributed by atoms with Gasteiger partial charge in [-0.1, -0.05) is 37.3 Å². The van der Waals surface area contributed by atoms with Gasteiger partial charge in [-0.25, -0.2) is 4.79 Å². The number of aliphatic carboxylic acids is 1. The van der Waals surface area contributed by atoms with Crippen LogP contribution in [-0.2, 0) is 16.6 Å². The molecule has 1 aromatic rings. The summed E-state index contributed by atoms with van der Waals surface area (Å²) in [7, 11) is 1.88. The van der Waals surface area contributed by atoms with Crippen LogP contribution < -0.4 is 0 Å². The van der Waals surface area contributed by atoms with E-state index in [0.717, 1.165) is 17.5 Å². The second kappa shape index (κ2) is 6.44. The molecule has 1 fully saturated rings. The number of carbonyl (C=O) groups excluding carboxylic acids is 1. The number of hydrogen-bond donors (Lipinski definition) is 1. The van der Waals surface area contributed by atoms with Gasteiger partial charge in [-0.2, -0.15) is 0 Å². The minimum atomic E-state index is -1.02. The Hall–Kier alpha value is -1.60. The number of amides is 1. The molecule has 1 atom stereocenters. The van der Waals surface area contributed by atoms with Crippen LogP contribution in [0.3, 0.4) is 0 Å². The maximum atomic E-state index is 12.5. The summed E-state index contributed by atoms with van der Waals surface area (Å²) >= 11 is 6.34. The fraction of sp³-hybridized carbons (Fsp3) is 0.357. The normalized spacial score (nSPS) is 18.6. The summed E-state index contributed by atoms with van der Waals surface area (Å²) in [6.07, 6.45) is 4.68. The van der Waals surface area contributed by atoms with Crippen LogP contribution in [-0.4, -0.2) is 36.8 Å². The average molecular weight is 324 g/mol. The third-order valence-electron chi connectivity index (χ3n) is 3.25. The van der Waals surface area contributed by atoms with Crippen molar-refractivity contribution in [3.05, 3.63) is 28.9 Å². The Balaban J connectivity index is 2.30. The zero-order valence-corrected chi connectivity index (χ0v) is 13.4. The van der Waals surface area contributed by atoms with Gasteiger partial charge in [-0.05, 0) is 24.6 Å². The maximum Gasteiger partial charge on any atom is 0.326 e. The summed E-state index contributed by atoms with van der Waals surface area (Å²) in [5.74, 6) is -1.35. The molecule has 7 heteroatoms. The predicted octanol–water partition coefficient (Wildman–Crippen LogP) is 2.48. The van der Waals surface area contributed by atoms with Crippen molar-refractivity contribution in [2.75, 3.05) is 0 Å². The predicted molar refractivity (Wildman–Crippen MR) is 86.8 cm³/mol. The highest BCUT2D eigenvalue weighted by Gasteiger charge is 2.39. The second-order valence-corrected chi connectivity index (χ2v) is 6.41. The summed E-state index contributed by atoms with van der Waals surface area (Å²) < 4.78 is 2.19. The van der Waals surface area contributed by atoms with Crippen molar-refractivity contribution in [1.82, 2.24) is 9.47 Å². The Morgan fingerprint density at radius 1 is 1.57 bits per heavy atom. The zero-order chi connectivity index (χ0) is 15.6. The van der Waals surface area contributed by atoms with Gasteiger partial charge in [0.05, 0.1) is 4.91 Å². The van der Waals surface area contributed by atoms with Crippen LogP contribution in [0, 0.1) is 0 Å². The van der Waals surface area contributed by atoms with E-state index in [1.807, 2.05) is 36.9 Å². The van der Waals surface area contributed by atoms with Gasteiger partial charge < -0.3 is 9.67 Å². The van der Waals surface area contributed by atoms with E-state index >= 15 is 0 Å². The molecule has 1 N–H and O–H groups in total. The van der Waals surface area contributed by atoms with Crippen molar-refractivity contribution in [2.24, 2.45) is 7.05 Å². The molecule has 2 rings (SSSR count). The molecular weight excluding hydrogens is 308 g/mol. The molecule has 0 bridgehead atoms. The van der Waals surface area contributed by atoms with E-state index in [9.17, 15) is 14.7 Å². The number of carboxylic acid groups (broad SMARTS) is 1. The molecule has 21 heavy (non-hydrogen) atoms. The van der Waals surface area contributed by atoms with Crippen LogP contribution in [0.2, 0.25) is 0 Å². The lowest BCUT2D eigenvalue weighted by Gasteiger charge is -2.22. The van der Waals surface area contributed by atoms with Crippen molar-refractivity contribution < 1.29 is 14.7 Å². The molecule has 1 aliphatic heterocycles. The van der Waals surface area contributed by atoms with Gasteiger partial charge in [0, 0.05) is 18.9 Å². The zero-order valence-electron chi connectivity index (χ0n) is 11.8. The Morgan fingerprint density at radius 2 is 2.29 bits per heavy atom. The number of carboxylic acids is 1. The van der Waals surface area contributed by atoms with Gasteiger partial charge in [0.15, 0.2) is 0 Å². The minimum absolute atomic E-state index is 0.307. The van der Waals surface area contributed by atoms with Crippen LogP contribution in [0.1, 0.15) is 25.5 Å². The lowest BCUT2D eigenvalue weighted by molar-refractivity contribution is -0.145. The fourth-order valence-electron chi connectivity index (χ4n) is 2.14. The van der Waals surface area contributed by atoms with Crippen molar-refractivity contribution in [3.8, 4) is 0 Å². The molecule has 1 amide bonds. The summed E-state index contributed by atoms with van der Waals surface area (Å²) in [5.41, 5.74) is 0.873. The fourth-order valence-corrected chi connectivity index (χ4v) is 3.48. The molecule has 0 aliphatic carbocycles. The number of carbonyl (C=O) groups is 2. The highest BCUT2D eigenvalue weighted by atomic mass is 32.2. The van der Waals surface area contributed by atoms with Gasteiger partial charge in [0.2, 0.25) is 0 Å². The Kier molecular flexibility index (Phi) is 4.84. The summed E-state index contributed by atoms with van der Waals surface area (Å²) in [4.78, 5) is 25.5. The number of aryl methyl sites for hydroxylation is 1. The van der Waals surface area contributed by atoms with E-state index in [1.54, 1.807) is 6.08 Å². The monoisotopic (exact) mass is 324 g/mol. The van der Waals surface area contributed by atoms with Gasteiger partial charge >= 0.3 is 5.97 Å². The third-order valence-corrected chi connectivity index (χ3v) is 4.58. The van der Waals surface area contributed by atoms with Gasteiger partial charge in [-0.3, -0.25) is 9.69 Å². The van der Waals surface area contributed by atoms with Gasteiger partial charge in [0.25, 0.3) is 5.91 Å². The summed E-state index contributed by atoms with van der Waals surface area (Å²) in [6.45, 7) is 1.88. The first-order valence-corrected chi connectivity index (χ1v) is 7.79. The number of nitrogens with zero attached hydrogens (tertiary/aromatic N) is 2. The Morgan fingerprint density at radius 3 is 2.81 bits per heavy atom. The molecular formula is C14H16N2O3S2. The molecule has 1 aromatic heterocycles. The van der Waals surface area contributed by atoms with E-state index in [4.69, 9.17) is 12.2 Å². The first-order valence-electron chi connectivity index (χ1n) is 6.57. The van der Waals surface area contributed by atoms with Crippen LogP contribution in [0.25, 0.3) is 6.08 Å². The second-order valence-electron chi connectivity index (χ2n) is 4.74. The smallest absolute Gasteiger partial charge is 0.326 e. The molecule has 112 valence electrons. The van der Waals surface area contributed by atoms with Crippen LogP contribution in [0.15, 0.2) is 23.2 Å². The van der Waals surface area contributed by atoms with Crippen molar-refractivity contribution >= 4 is 46.3 Å². The molecule has 0 radical (unpaired) electrons. The lowest BCUT2D eigenvalue weighted by atomic mass is 10.1. The largest absolute Gasteiger partial charge is 0.480 e. The van der Waals surface area contributed by atoms with Crippen molar-refractivity contribution in [1.29, 1.82) is 0 Å². The van der Waals surface area contributed by atoms with E-state index < -0.39 is 12.0 Å². The van der Waals surface area contributed by atoms with Gasteiger partial charge in [-0.15, -0.1) is 0 Å². The SMILES string of the molecule is CCCC(C(=O)O)N1C(=O)/C(=C\c2cccn2C)SC1=S. The van der Waals surface area contributed by atoms with E-state index in [1.165, 1.54) is 4.90 Å². The molecule has 2 heterocycles. The minimum Gasteiger partial charge on any atom is -0.480 e. The summed E-state index contributed by atoms with van der Waals surface area (Å²) in [6, 6.07) is 2.87. The molecule has 0 saturated carbocycles. The van der Waals surface area contributed by atoms with E-state index in [2.05, 4.69) is 0 Å². The van der Waals surface area contributed by atoms with Crippen molar-refractivity contribution in [2.45, 2.75) is 25.8 Å². The highest BCUT2D eigenvalue weighted by Crippen LogP contribution is 2.34. The standard InChI is InChI=1S/C14H16N2O3S2/c1-3-5-10(13(18)19)16-12(17)11(21-14(16)20)8-9-6-4-7-15(9)2/h4,6-8,10H,3,5H2,1-2H3,(H,18,19)/b11-8+. The van der Waals surface area contributed by atoms with Crippen LogP contribution >= 0.6 is 24.0 Å². The van der Waals surface area contributed by atoms with E-state index in [-0.39, 0.29) is 5.91 Å². The lowest BCUT2D eigenvalue weighted by Crippen LogP contribution is -2.43. The average Bonchev–Trinajstić information content (AvgIpc) is 2.93. The topological polar surface area (TPSA) is 62.5 Å². The molecule has 0 aromatic carbocycles. The van der Waals surface area contributed by atoms with Crippen LogP contribution in [0.5, 0.6) is 0 Å². The molecule has 5 nitrogen and oxygen atoms in total. The Bertz CT molecular complexity index is 621. The van der Waals surface area contributed by atoms with Crippen LogP contribution in [0.4, 0.5) is 0 Å². The molecule has 1 unspecified atom stereocenters. The highest BCUT2D eigenvalue weighted by molar-refractivity contribution is 8.26. The number of hydrogen-bond acceptors (Lipinski definition) is 4. The first kappa shape index (κ1) is 15.8. The first-order chi connectivity index (χ1) is 9.95. The molecule has 1 aliphatic rings. The Labute approximate surface area is 132 Å². The van der Waals surface area contributed by atoms with Gasteiger partial charge in [0.1, 0.15) is 10.4 Å². The van der Waals surface area contributed by atoms with E-state index in [0.29, 0.717) is 22.1 Å². The number of rotatable bonds is 5. The third kappa shape index (κ3) is 3.19.